The van der Waals surface area contributed by atoms with Crippen molar-refractivity contribution in [1.82, 2.24) is 30.0 Å². The number of phenols is 2. The number of aromatic nitrogens is 6. The van der Waals surface area contributed by atoms with E-state index >= 15 is 0 Å². The van der Waals surface area contributed by atoms with Crippen LogP contribution in [0.3, 0.4) is 0 Å². The Labute approximate surface area is 268 Å². The zero-order valence-corrected chi connectivity index (χ0v) is 24.7. The van der Waals surface area contributed by atoms with Gasteiger partial charge in [-0.3, -0.25) is 0 Å². The average Bonchev–Trinajstić information content (AvgIpc) is 3.64. The largest absolute Gasteiger partial charge is 0.505 e. The van der Waals surface area contributed by atoms with Gasteiger partial charge in [-0.15, -0.1) is 30.0 Å². The predicted octanol–water partition coefficient (Wildman–Crippen LogP) is 6.31. The maximum absolute atomic E-state index is 12.9. The highest BCUT2D eigenvalue weighted by atomic mass is 35.5. The molecule has 0 saturated heterocycles. The summed E-state index contributed by atoms with van der Waals surface area (Å²) < 4.78 is 10.9. The normalized spacial score (nSPS) is 11.2. The molecule has 0 radical (unpaired) electrons. The lowest BCUT2D eigenvalue weighted by molar-refractivity contribution is 0.0734. The van der Waals surface area contributed by atoms with Gasteiger partial charge in [0.25, 0.3) is 0 Å². The number of benzene rings is 5. The summed E-state index contributed by atoms with van der Waals surface area (Å²) in [5.74, 6) is -1.91. The molecule has 2 N–H and O–H groups in total. The van der Waals surface area contributed by atoms with Crippen LogP contribution in [0.15, 0.2) is 97.1 Å². The number of esters is 2. The highest BCUT2D eigenvalue weighted by Gasteiger charge is 2.17. The van der Waals surface area contributed by atoms with E-state index in [0.29, 0.717) is 32.1 Å². The van der Waals surface area contributed by atoms with Crippen LogP contribution in [-0.4, -0.2) is 52.1 Å². The number of hydrogen-bond donors (Lipinski definition) is 2. The first-order valence-electron chi connectivity index (χ1n) is 13.5. The van der Waals surface area contributed by atoms with Crippen LogP contribution in [0.1, 0.15) is 20.7 Å². The Morgan fingerprint density at radius 2 is 0.978 bits per heavy atom. The van der Waals surface area contributed by atoms with Crippen LogP contribution in [0.2, 0.25) is 10.0 Å². The second-order valence-electron chi connectivity index (χ2n) is 9.91. The Balaban J connectivity index is 1.04. The number of carbonyl (C=O) groups is 2. The van der Waals surface area contributed by atoms with Gasteiger partial charge in [0.2, 0.25) is 0 Å². The second kappa shape index (κ2) is 11.5. The molecular formula is C32H18Cl2N6O6. The summed E-state index contributed by atoms with van der Waals surface area (Å²) in [6, 6.07) is 24.2. The fourth-order valence-electron chi connectivity index (χ4n) is 4.57. The maximum atomic E-state index is 12.9. The van der Waals surface area contributed by atoms with E-state index in [2.05, 4.69) is 20.4 Å². The van der Waals surface area contributed by atoms with Gasteiger partial charge in [-0.1, -0.05) is 29.3 Å². The number of hydrogen-bond acceptors (Lipinski definition) is 10. The minimum atomic E-state index is -0.776. The summed E-state index contributed by atoms with van der Waals surface area (Å²) in [5, 5.41) is 39.5. The monoisotopic (exact) mass is 652 g/mol. The lowest BCUT2D eigenvalue weighted by Gasteiger charge is -2.09. The van der Waals surface area contributed by atoms with Gasteiger partial charge >= 0.3 is 11.9 Å². The number of halogens is 2. The van der Waals surface area contributed by atoms with E-state index in [1.54, 1.807) is 36.4 Å². The Bertz CT molecular complexity index is 2180. The van der Waals surface area contributed by atoms with Crippen molar-refractivity contribution in [2.75, 3.05) is 0 Å². The highest BCUT2D eigenvalue weighted by Crippen LogP contribution is 2.29. The van der Waals surface area contributed by atoms with Crippen LogP contribution in [0.25, 0.3) is 33.4 Å². The smallest absolute Gasteiger partial charge is 0.343 e. The van der Waals surface area contributed by atoms with Crippen molar-refractivity contribution < 1.29 is 29.3 Å². The van der Waals surface area contributed by atoms with Crippen LogP contribution in [0.4, 0.5) is 0 Å². The average molecular weight is 653 g/mol. The Morgan fingerprint density at radius 1 is 0.543 bits per heavy atom. The van der Waals surface area contributed by atoms with Crippen LogP contribution >= 0.6 is 23.2 Å². The third kappa shape index (κ3) is 5.65. The molecule has 0 saturated carbocycles. The van der Waals surface area contributed by atoms with Crippen molar-refractivity contribution in [2.24, 2.45) is 0 Å². The summed E-state index contributed by atoms with van der Waals surface area (Å²) >= 11 is 12.0. The topological polar surface area (TPSA) is 154 Å². The number of phenolic OH excluding ortho intramolecular Hbond substituents is 2. The van der Waals surface area contributed by atoms with Crippen molar-refractivity contribution in [1.29, 1.82) is 0 Å². The molecule has 0 bridgehead atoms. The van der Waals surface area contributed by atoms with E-state index in [9.17, 15) is 19.8 Å². The summed E-state index contributed by atoms with van der Waals surface area (Å²) in [7, 11) is 0. The molecule has 0 unspecified atom stereocenters. The van der Waals surface area contributed by atoms with Gasteiger partial charge in [0.05, 0.1) is 11.1 Å². The zero-order chi connectivity index (χ0) is 31.9. The van der Waals surface area contributed by atoms with Crippen LogP contribution in [-0.2, 0) is 0 Å². The van der Waals surface area contributed by atoms with E-state index in [-0.39, 0.29) is 45.5 Å². The maximum Gasteiger partial charge on any atom is 0.343 e. The third-order valence-corrected chi connectivity index (χ3v) is 7.23. The number of rotatable bonds is 6. The van der Waals surface area contributed by atoms with E-state index in [1.807, 2.05) is 0 Å². The predicted molar refractivity (Wildman–Crippen MR) is 167 cm³/mol. The van der Waals surface area contributed by atoms with E-state index in [1.165, 1.54) is 70.3 Å². The molecule has 12 nitrogen and oxygen atoms in total. The van der Waals surface area contributed by atoms with E-state index in [4.69, 9.17) is 32.7 Å². The lowest BCUT2D eigenvalue weighted by atomic mass is 10.1. The molecule has 7 rings (SSSR count). The summed E-state index contributed by atoms with van der Waals surface area (Å²) in [5.41, 5.74) is 2.89. The summed E-state index contributed by atoms with van der Waals surface area (Å²) in [6.45, 7) is 0. The fourth-order valence-corrected chi connectivity index (χ4v) is 4.90. The highest BCUT2D eigenvalue weighted by molar-refractivity contribution is 6.31. The molecule has 14 heteroatoms. The number of aromatic hydroxyl groups is 2. The fraction of sp³-hybridized carbons (Fsp3) is 0. The zero-order valence-electron chi connectivity index (χ0n) is 23.2. The van der Waals surface area contributed by atoms with Crippen molar-refractivity contribution >= 4 is 57.2 Å². The number of ether oxygens (including phenoxy) is 2. The van der Waals surface area contributed by atoms with Gasteiger partial charge in [-0.25, -0.2) is 9.59 Å². The minimum absolute atomic E-state index is 0.0530. The number of nitrogens with zero attached hydrogens (tertiary/aromatic N) is 6. The molecule has 226 valence electrons. The van der Waals surface area contributed by atoms with Crippen molar-refractivity contribution in [2.45, 2.75) is 0 Å². The molecule has 0 spiro atoms. The molecule has 0 aliphatic heterocycles. The van der Waals surface area contributed by atoms with Crippen molar-refractivity contribution in [3.05, 3.63) is 118 Å². The van der Waals surface area contributed by atoms with Gasteiger partial charge in [0.15, 0.2) is 0 Å². The quantitative estimate of drug-likeness (QED) is 0.154. The van der Waals surface area contributed by atoms with Crippen molar-refractivity contribution in [3.63, 3.8) is 0 Å². The molecule has 7 aromatic rings. The first-order valence-corrected chi connectivity index (χ1v) is 14.2. The van der Waals surface area contributed by atoms with E-state index < -0.39 is 11.9 Å². The van der Waals surface area contributed by atoms with Gasteiger partial charge in [-0.2, -0.15) is 0 Å². The van der Waals surface area contributed by atoms with Gasteiger partial charge in [0, 0.05) is 22.2 Å². The molecular weight excluding hydrogens is 635 g/mol. The molecule has 0 aliphatic carbocycles. The number of fused-ring (bicyclic) bond motifs is 2. The minimum Gasteiger partial charge on any atom is -0.505 e. The molecule has 2 heterocycles. The molecule has 5 aromatic carbocycles. The van der Waals surface area contributed by atoms with Gasteiger partial charge in [-0.05, 0) is 78.9 Å². The van der Waals surface area contributed by atoms with Gasteiger partial charge in [0.1, 0.15) is 56.4 Å². The van der Waals surface area contributed by atoms with Crippen LogP contribution in [0.5, 0.6) is 23.0 Å². The van der Waals surface area contributed by atoms with Gasteiger partial charge < -0.3 is 19.7 Å². The first kappa shape index (κ1) is 28.8. The molecule has 2 aromatic heterocycles. The molecule has 0 fully saturated rings. The van der Waals surface area contributed by atoms with E-state index in [0.717, 1.165) is 0 Å². The summed E-state index contributed by atoms with van der Waals surface area (Å²) in [6.07, 6.45) is 0. The Kier molecular flexibility index (Phi) is 7.20. The number of carbonyl (C=O) groups excluding carboxylic acids is 2. The van der Waals surface area contributed by atoms with Crippen LogP contribution < -0.4 is 9.47 Å². The Morgan fingerprint density at radius 3 is 1.41 bits per heavy atom. The van der Waals surface area contributed by atoms with Crippen LogP contribution in [0, 0.1) is 0 Å². The second-order valence-corrected chi connectivity index (χ2v) is 10.8. The SMILES string of the molecule is O=C(Oc1ccc(-n2nc3ccc(Cl)cc3n2)c(O)c1)c1cccc(C(=O)Oc2ccc(-n3nc4ccc(Cl)cc4n3)c(O)c2)c1. The molecule has 46 heavy (non-hydrogen) atoms. The first-order chi connectivity index (χ1) is 22.2. The Hall–Kier alpha value is -5.98. The molecule has 0 atom stereocenters. The lowest BCUT2D eigenvalue weighted by Crippen LogP contribution is -2.12. The molecule has 0 aliphatic rings. The third-order valence-electron chi connectivity index (χ3n) is 6.76. The van der Waals surface area contributed by atoms with Crippen molar-refractivity contribution in [3.8, 4) is 34.4 Å². The molecule has 0 amide bonds. The standard InChI is InChI=1S/C32H18Cl2N6O6/c33-19-4-8-23-25(13-19)37-39(35-23)27-10-6-21(15-29(27)41)45-31(43)17-2-1-3-18(12-17)32(44)46-22-7-11-28(30(42)16-22)40-36-24-9-5-20(34)14-26(24)38-40/h1-16,41-42H. The summed E-state index contributed by atoms with van der Waals surface area (Å²) in [4.78, 5) is 28.3.